The van der Waals surface area contributed by atoms with E-state index in [1.807, 2.05) is 11.0 Å². The van der Waals surface area contributed by atoms with Gasteiger partial charge in [-0.1, -0.05) is 0 Å². The molecule has 33 heavy (non-hydrogen) atoms. The molecule has 2 amide bonds. The molecule has 0 atom stereocenters. The van der Waals surface area contributed by atoms with Gasteiger partial charge in [-0.3, -0.25) is 14.5 Å². The molecule has 2 aliphatic rings. The lowest BCUT2D eigenvalue weighted by atomic mass is 10.1. The van der Waals surface area contributed by atoms with Crippen molar-refractivity contribution in [3.63, 3.8) is 0 Å². The van der Waals surface area contributed by atoms with E-state index in [1.54, 1.807) is 24.1 Å². The number of hydrogen-bond acceptors (Lipinski definition) is 5. The van der Waals surface area contributed by atoms with E-state index in [9.17, 15) is 14.0 Å². The molecule has 4 rings (SSSR count). The number of hydrogen-bond donors (Lipinski definition) is 1. The van der Waals surface area contributed by atoms with Crippen LogP contribution in [-0.2, 0) is 4.79 Å². The molecule has 1 saturated carbocycles. The fourth-order valence-electron chi connectivity index (χ4n) is 4.31. The van der Waals surface area contributed by atoms with Crippen molar-refractivity contribution in [3.8, 4) is 11.5 Å². The van der Waals surface area contributed by atoms with Gasteiger partial charge in [0.25, 0.3) is 5.91 Å². The van der Waals surface area contributed by atoms with Crippen LogP contribution in [0.25, 0.3) is 0 Å². The van der Waals surface area contributed by atoms with Gasteiger partial charge in [-0.2, -0.15) is 0 Å². The van der Waals surface area contributed by atoms with Gasteiger partial charge in [0, 0.05) is 37.4 Å². The van der Waals surface area contributed by atoms with Crippen LogP contribution in [0.1, 0.15) is 36.0 Å². The first-order valence-corrected chi connectivity index (χ1v) is 11.4. The molecule has 176 valence electrons. The Morgan fingerprint density at radius 1 is 1.00 bits per heavy atom. The highest BCUT2D eigenvalue weighted by atomic mass is 19.1. The Morgan fingerprint density at radius 2 is 1.70 bits per heavy atom. The monoisotopic (exact) mass is 455 g/mol. The third-order valence-corrected chi connectivity index (χ3v) is 6.16. The highest BCUT2D eigenvalue weighted by molar-refractivity contribution is 5.95. The lowest BCUT2D eigenvalue weighted by Gasteiger charge is -2.34. The summed E-state index contributed by atoms with van der Waals surface area (Å²) in [6.45, 7) is 2.49. The number of methoxy groups -OCH3 is 1. The minimum absolute atomic E-state index is 0.0591. The summed E-state index contributed by atoms with van der Waals surface area (Å²) >= 11 is 0. The zero-order valence-electron chi connectivity index (χ0n) is 18.9. The smallest absolute Gasteiger partial charge is 0.254 e. The summed E-state index contributed by atoms with van der Waals surface area (Å²) < 4.78 is 24.5. The van der Waals surface area contributed by atoms with Crippen molar-refractivity contribution in [2.24, 2.45) is 0 Å². The van der Waals surface area contributed by atoms with E-state index in [1.165, 1.54) is 37.1 Å². The van der Waals surface area contributed by atoms with Crippen molar-refractivity contribution >= 4 is 17.5 Å². The molecule has 0 aromatic heterocycles. The summed E-state index contributed by atoms with van der Waals surface area (Å²) in [6, 6.07) is 11.0. The van der Waals surface area contributed by atoms with Crippen molar-refractivity contribution in [1.29, 1.82) is 0 Å². The Labute approximate surface area is 193 Å². The lowest BCUT2D eigenvalue weighted by Crippen LogP contribution is -2.50. The zero-order valence-corrected chi connectivity index (χ0v) is 18.9. The van der Waals surface area contributed by atoms with Crippen molar-refractivity contribution < 1.29 is 23.5 Å². The Bertz CT molecular complexity index is 968. The Morgan fingerprint density at radius 3 is 2.36 bits per heavy atom. The standard InChI is InChI=1S/C25H30FN3O4/c1-32-23-16-18(6-11-22(23)33-21-4-2-3-5-21)25(31)29-14-12-28(13-15-29)17-24(30)27-20-9-7-19(26)8-10-20/h6-11,16,21H,2-5,12-15,17H2,1H3,(H,27,30). The number of carbonyl (C=O) groups is 2. The van der Waals surface area contributed by atoms with E-state index in [2.05, 4.69) is 5.32 Å². The summed E-state index contributed by atoms with van der Waals surface area (Å²) in [4.78, 5) is 29.1. The number of halogens is 1. The molecule has 0 radical (unpaired) electrons. The highest BCUT2D eigenvalue weighted by Crippen LogP contribution is 2.32. The van der Waals surface area contributed by atoms with Crippen LogP contribution < -0.4 is 14.8 Å². The molecule has 1 heterocycles. The first kappa shape index (κ1) is 23.0. The molecule has 2 aromatic rings. The van der Waals surface area contributed by atoms with Crippen LogP contribution in [0.2, 0.25) is 0 Å². The molecule has 1 N–H and O–H groups in total. The van der Waals surface area contributed by atoms with Crippen molar-refractivity contribution in [2.75, 3.05) is 45.2 Å². The van der Waals surface area contributed by atoms with Gasteiger partial charge in [0.1, 0.15) is 5.82 Å². The van der Waals surface area contributed by atoms with E-state index in [0.717, 1.165) is 12.8 Å². The number of ether oxygens (including phenoxy) is 2. The maximum absolute atomic E-state index is 13.0. The number of amides is 2. The third-order valence-electron chi connectivity index (χ3n) is 6.16. The number of piperazine rings is 1. The molecule has 7 nitrogen and oxygen atoms in total. The molecular formula is C25H30FN3O4. The number of rotatable bonds is 7. The number of nitrogens with one attached hydrogen (secondary N) is 1. The number of anilines is 1. The largest absolute Gasteiger partial charge is 0.493 e. The Kier molecular flexibility index (Phi) is 7.44. The van der Waals surface area contributed by atoms with Gasteiger partial charge in [0.05, 0.1) is 19.8 Å². The Hall–Kier alpha value is -3.13. The first-order valence-electron chi connectivity index (χ1n) is 11.4. The maximum Gasteiger partial charge on any atom is 0.254 e. The van der Waals surface area contributed by atoms with Gasteiger partial charge in [-0.25, -0.2) is 4.39 Å². The fraction of sp³-hybridized carbons (Fsp3) is 0.440. The molecule has 8 heteroatoms. The molecule has 2 fully saturated rings. The molecule has 0 spiro atoms. The number of benzene rings is 2. The topological polar surface area (TPSA) is 71.1 Å². The number of carbonyl (C=O) groups excluding carboxylic acids is 2. The van der Waals surface area contributed by atoms with Gasteiger partial charge in [-0.15, -0.1) is 0 Å². The SMILES string of the molecule is COc1cc(C(=O)N2CCN(CC(=O)Nc3ccc(F)cc3)CC2)ccc1OC1CCCC1. The molecule has 1 aliphatic carbocycles. The van der Waals surface area contributed by atoms with Crippen LogP contribution in [-0.4, -0.2) is 67.6 Å². The second-order valence-corrected chi connectivity index (χ2v) is 8.51. The zero-order chi connectivity index (χ0) is 23.2. The van der Waals surface area contributed by atoms with Gasteiger partial charge in [-0.05, 0) is 68.1 Å². The summed E-state index contributed by atoms with van der Waals surface area (Å²) in [6.07, 6.45) is 4.69. The highest BCUT2D eigenvalue weighted by Gasteiger charge is 2.25. The summed E-state index contributed by atoms with van der Waals surface area (Å²) in [5.41, 5.74) is 1.12. The summed E-state index contributed by atoms with van der Waals surface area (Å²) in [5, 5.41) is 2.77. The van der Waals surface area contributed by atoms with Gasteiger partial charge in [0.15, 0.2) is 11.5 Å². The predicted molar refractivity (Wildman–Crippen MR) is 123 cm³/mol. The van der Waals surface area contributed by atoms with Crippen LogP contribution in [0.3, 0.4) is 0 Å². The van der Waals surface area contributed by atoms with Gasteiger partial charge < -0.3 is 19.7 Å². The van der Waals surface area contributed by atoms with E-state index in [0.29, 0.717) is 48.9 Å². The van der Waals surface area contributed by atoms with Crippen LogP contribution >= 0.6 is 0 Å². The molecular weight excluding hydrogens is 425 g/mol. The van der Waals surface area contributed by atoms with E-state index >= 15 is 0 Å². The lowest BCUT2D eigenvalue weighted by molar-refractivity contribution is -0.117. The van der Waals surface area contributed by atoms with Gasteiger partial charge >= 0.3 is 0 Å². The Balaban J connectivity index is 1.28. The summed E-state index contributed by atoms with van der Waals surface area (Å²) in [5.74, 6) is 0.685. The molecule has 1 aliphatic heterocycles. The van der Waals surface area contributed by atoms with Crippen LogP contribution in [0.5, 0.6) is 11.5 Å². The second kappa shape index (κ2) is 10.7. The molecule has 0 unspecified atom stereocenters. The van der Waals surface area contributed by atoms with Crippen LogP contribution in [0.4, 0.5) is 10.1 Å². The quantitative estimate of drug-likeness (QED) is 0.692. The van der Waals surface area contributed by atoms with Gasteiger partial charge in [0.2, 0.25) is 5.91 Å². The van der Waals surface area contributed by atoms with Crippen molar-refractivity contribution in [2.45, 2.75) is 31.8 Å². The van der Waals surface area contributed by atoms with Crippen molar-refractivity contribution in [1.82, 2.24) is 9.80 Å². The molecule has 0 bridgehead atoms. The average Bonchev–Trinajstić information content (AvgIpc) is 3.34. The third kappa shape index (κ3) is 6.01. The fourth-order valence-corrected chi connectivity index (χ4v) is 4.31. The van der Waals surface area contributed by atoms with E-state index in [-0.39, 0.29) is 30.3 Å². The average molecular weight is 456 g/mol. The predicted octanol–water partition coefficient (Wildman–Crippen LogP) is 3.55. The normalized spacial score (nSPS) is 17.1. The summed E-state index contributed by atoms with van der Waals surface area (Å²) in [7, 11) is 1.58. The maximum atomic E-state index is 13.0. The van der Waals surface area contributed by atoms with E-state index in [4.69, 9.17) is 9.47 Å². The second-order valence-electron chi connectivity index (χ2n) is 8.51. The first-order chi connectivity index (χ1) is 16.0. The van der Waals surface area contributed by atoms with Crippen LogP contribution in [0, 0.1) is 5.82 Å². The number of nitrogens with zero attached hydrogens (tertiary/aromatic N) is 2. The molecule has 2 aromatic carbocycles. The van der Waals surface area contributed by atoms with E-state index < -0.39 is 0 Å². The van der Waals surface area contributed by atoms with Crippen LogP contribution in [0.15, 0.2) is 42.5 Å². The minimum atomic E-state index is -0.345. The minimum Gasteiger partial charge on any atom is -0.493 e. The molecule has 1 saturated heterocycles. The van der Waals surface area contributed by atoms with Crippen molar-refractivity contribution in [3.05, 3.63) is 53.8 Å².